The third kappa shape index (κ3) is 2.56. The number of aromatic nitrogens is 1. The Bertz CT molecular complexity index is 596. The normalized spacial score (nSPS) is 30.4. The van der Waals surface area contributed by atoms with Crippen LogP contribution < -0.4 is 5.32 Å². The highest BCUT2D eigenvalue weighted by Gasteiger charge is 2.50. The van der Waals surface area contributed by atoms with E-state index in [-0.39, 0.29) is 0 Å². The highest BCUT2D eigenvalue weighted by Crippen LogP contribution is 2.54. The molecule has 0 radical (unpaired) electrons. The molecular weight excluding hydrogens is 268 g/mol. The van der Waals surface area contributed by atoms with Crippen molar-refractivity contribution in [2.45, 2.75) is 44.2 Å². The molecule has 2 heteroatoms. The predicted octanol–water partition coefficient (Wildman–Crippen LogP) is 4.14. The van der Waals surface area contributed by atoms with E-state index in [1.807, 2.05) is 12.4 Å². The first-order chi connectivity index (χ1) is 10.9. The first kappa shape index (κ1) is 14.0. The Hall–Kier alpha value is -1.67. The van der Waals surface area contributed by atoms with E-state index in [1.54, 1.807) is 0 Å². The summed E-state index contributed by atoms with van der Waals surface area (Å²) in [5.41, 5.74) is 2.86. The van der Waals surface area contributed by atoms with Gasteiger partial charge in [0.05, 0.1) is 0 Å². The fourth-order valence-corrected chi connectivity index (χ4v) is 4.61. The Kier molecular flexibility index (Phi) is 3.94. The number of nitrogens with zero attached hydrogens (tertiary/aromatic N) is 1. The molecule has 2 aliphatic carbocycles. The van der Waals surface area contributed by atoms with Gasteiger partial charge in [-0.05, 0) is 47.9 Å². The van der Waals surface area contributed by atoms with Crippen LogP contribution in [0.25, 0.3) is 0 Å². The number of nitrogens with one attached hydrogen (secondary N) is 1. The van der Waals surface area contributed by atoms with Crippen LogP contribution in [0.2, 0.25) is 0 Å². The van der Waals surface area contributed by atoms with Gasteiger partial charge in [-0.15, -0.1) is 0 Å². The third-order valence-electron chi connectivity index (χ3n) is 5.66. The van der Waals surface area contributed by atoms with E-state index in [2.05, 4.69) is 52.8 Å². The lowest BCUT2D eigenvalue weighted by Crippen LogP contribution is -2.57. The number of hydrogen-bond acceptors (Lipinski definition) is 2. The molecule has 4 rings (SSSR count). The van der Waals surface area contributed by atoms with Crippen molar-refractivity contribution in [1.82, 2.24) is 10.3 Å². The summed E-state index contributed by atoms with van der Waals surface area (Å²) in [6.45, 7) is 0.958. The van der Waals surface area contributed by atoms with Gasteiger partial charge in [-0.3, -0.25) is 4.98 Å². The molecule has 0 unspecified atom stereocenters. The SMILES string of the molecule is c1ccc([C@H]2[C@@H]3CCCC[C@H]3[C@@H]2NCc2ccncc2)cc1. The van der Waals surface area contributed by atoms with Crippen LogP contribution >= 0.6 is 0 Å². The van der Waals surface area contributed by atoms with Gasteiger partial charge in [-0.25, -0.2) is 0 Å². The molecule has 2 saturated carbocycles. The molecule has 0 amide bonds. The van der Waals surface area contributed by atoms with E-state index in [0.29, 0.717) is 12.0 Å². The summed E-state index contributed by atoms with van der Waals surface area (Å²) in [5.74, 6) is 2.47. The topological polar surface area (TPSA) is 24.9 Å². The van der Waals surface area contributed by atoms with Crippen molar-refractivity contribution in [2.75, 3.05) is 0 Å². The Labute approximate surface area is 133 Å². The summed E-state index contributed by atoms with van der Waals surface area (Å²) in [5, 5.41) is 3.86. The summed E-state index contributed by atoms with van der Waals surface area (Å²) in [6.07, 6.45) is 9.42. The summed E-state index contributed by atoms with van der Waals surface area (Å²) < 4.78 is 0. The minimum atomic E-state index is 0.640. The van der Waals surface area contributed by atoms with E-state index in [1.165, 1.54) is 36.8 Å². The smallest absolute Gasteiger partial charge is 0.0271 e. The predicted molar refractivity (Wildman–Crippen MR) is 89.5 cm³/mol. The maximum atomic E-state index is 4.11. The molecule has 0 bridgehead atoms. The van der Waals surface area contributed by atoms with Crippen LogP contribution in [-0.4, -0.2) is 11.0 Å². The number of hydrogen-bond donors (Lipinski definition) is 1. The number of pyridine rings is 1. The molecule has 22 heavy (non-hydrogen) atoms. The fraction of sp³-hybridized carbons (Fsp3) is 0.450. The van der Waals surface area contributed by atoms with E-state index in [0.717, 1.165) is 18.4 Å². The molecule has 2 nitrogen and oxygen atoms in total. The molecule has 2 aromatic rings. The quantitative estimate of drug-likeness (QED) is 0.916. The van der Waals surface area contributed by atoms with Crippen molar-refractivity contribution in [3.63, 3.8) is 0 Å². The minimum absolute atomic E-state index is 0.640. The zero-order chi connectivity index (χ0) is 14.8. The van der Waals surface area contributed by atoms with Crippen LogP contribution in [0.3, 0.4) is 0 Å². The first-order valence-corrected chi connectivity index (χ1v) is 8.61. The van der Waals surface area contributed by atoms with Gasteiger partial charge in [-0.2, -0.15) is 0 Å². The summed E-state index contributed by atoms with van der Waals surface area (Å²) in [7, 11) is 0. The molecule has 2 fully saturated rings. The second-order valence-electron chi connectivity index (χ2n) is 6.81. The van der Waals surface area contributed by atoms with Crippen molar-refractivity contribution < 1.29 is 0 Å². The summed E-state index contributed by atoms with van der Waals surface area (Å²) in [6, 6.07) is 16.0. The standard InChI is InChI=1S/C20H24N2/c1-2-6-16(7-3-1)19-17-8-4-5-9-18(17)20(19)22-14-15-10-12-21-13-11-15/h1-3,6-7,10-13,17-20,22H,4-5,8-9,14H2/t17-,18-,19+,20+/m1/s1. The minimum Gasteiger partial charge on any atom is -0.309 e. The second-order valence-corrected chi connectivity index (χ2v) is 6.81. The van der Waals surface area contributed by atoms with Crippen molar-refractivity contribution >= 4 is 0 Å². The third-order valence-corrected chi connectivity index (χ3v) is 5.66. The maximum Gasteiger partial charge on any atom is 0.0271 e. The molecule has 2 aliphatic rings. The zero-order valence-electron chi connectivity index (χ0n) is 13.0. The maximum absolute atomic E-state index is 4.11. The van der Waals surface area contributed by atoms with Gasteiger partial charge in [0.2, 0.25) is 0 Å². The molecule has 0 spiro atoms. The van der Waals surface area contributed by atoms with Crippen molar-refractivity contribution in [2.24, 2.45) is 11.8 Å². The summed E-state index contributed by atoms with van der Waals surface area (Å²) >= 11 is 0. The lowest BCUT2D eigenvalue weighted by atomic mass is 9.53. The van der Waals surface area contributed by atoms with Gasteiger partial charge in [0, 0.05) is 30.9 Å². The Morgan fingerprint density at radius 2 is 1.64 bits per heavy atom. The molecule has 114 valence electrons. The van der Waals surface area contributed by atoms with Crippen LogP contribution in [0.1, 0.15) is 42.7 Å². The molecule has 1 aromatic carbocycles. The molecule has 1 aromatic heterocycles. The number of benzene rings is 1. The second kappa shape index (κ2) is 6.21. The van der Waals surface area contributed by atoms with Gasteiger partial charge in [-0.1, -0.05) is 43.2 Å². The lowest BCUT2D eigenvalue weighted by molar-refractivity contribution is 0.0254. The Morgan fingerprint density at radius 1 is 0.909 bits per heavy atom. The monoisotopic (exact) mass is 292 g/mol. The van der Waals surface area contributed by atoms with Gasteiger partial charge in [0.1, 0.15) is 0 Å². The highest BCUT2D eigenvalue weighted by atomic mass is 15.0. The molecule has 1 heterocycles. The molecular formula is C20H24N2. The van der Waals surface area contributed by atoms with Crippen LogP contribution in [-0.2, 0) is 6.54 Å². The van der Waals surface area contributed by atoms with E-state index in [4.69, 9.17) is 0 Å². The molecule has 0 saturated heterocycles. The zero-order valence-corrected chi connectivity index (χ0v) is 13.0. The van der Waals surface area contributed by atoms with Crippen molar-refractivity contribution in [3.05, 3.63) is 66.0 Å². The van der Waals surface area contributed by atoms with Gasteiger partial charge in [0.25, 0.3) is 0 Å². The highest BCUT2D eigenvalue weighted by molar-refractivity contribution is 5.28. The average molecular weight is 292 g/mol. The number of rotatable bonds is 4. The van der Waals surface area contributed by atoms with Crippen LogP contribution in [0, 0.1) is 11.8 Å². The van der Waals surface area contributed by atoms with Gasteiger partial charge < -0.3 is 5.32 Å². The van der Waals surface area contributed by atoms with Crippen molar-refractivity contribution in [1.29, 1.82) is 0 Å². The largest absolute Gasteiger partial charge is 0.309 e. The van der Waals surface area contributed by atoms with Crippen molar-refractivity contribution in [3.8, 4) is 0 Å². The Balaban J connectivity index is 1.50. The number of fused-ring (bicyclic) bond motifs is 1. The van der Waals surface area contributed by atoms with Crippen LogP contribution in [0.15, 0.2) is 54.9 Å². The van der Waals surface area contributed by atoms with Crippen LogP contribution in [0.4, 0.5) is 0 Å². The van der Waals surface area contributed by atoms with Gasteiger partial charge in [0.15, 0.2) is 0 Å². The van der Waals surface area contributed by atoms with E-state index < -0.39 is 0 Å². The van der Waals surface area contributed by atoms with E-state index >= 15 is 0 Å². The van der Waals surface area contributed by atoms with Crippen LogP contribution in [0.5, 0.6) is 0 Å². The molecule has 0 aliphatic heterocycles. The fourth-order valence-electron chi connectivity index (χ4n) is 4.61. The summed E-state index contributed by atoms with van der Waals surface area (Å²) in [4.78, 5) is 4.11. The van der Waals surface area contributed by atoms with E-state index in [9.17, 15) is 0 Å². The van der Waals surface area contributed by atoms with Gasteiger partial charge >= 0.3 is 0 Å². The Morgan fingerprint density at radius 3 is 2.41 bits per heavy atom. The first-order valence-electron chi connectivity index (χ1n) is 8.61. The lowest BCUT2D eigenvalue weighted by Gasteiger charge is -2.55. The molecule has 1 N–H and O–H groups in total. The molecule has 4 atom stereocenters. The average Bonchev–Trinajstić information content (AvgIpc) is 2.58.